The van der Waals surface area contributed by atoms with Gasteiger partial charge in [-0.1, -0.05) is 30.3 Å². The molecular formula is C20H21N3O4S. The first-order valence-electron chi connectivity index (χ1n) is 9.05. The number of aliphatic hydroxyl groups excluding tert-OH is 1. The molecule has 0 radical (unpaired) electrons. The van der Waals surface area contributed by atoms with E-state index in [4.69, 9.17) is 0 Å². The van der Waals surface area contributed by atoms with Crippen molar-refractivity contribution in [2.45, 2.75) is 10.8 Å². The molecule has 146 valence electrons. The summed E-state index contributed by atoms with van der Waals surface area (Å²) in [5.74, 6) is -0.659. The second-order valence-electron chi connectivity index (χ2n) is 7.01. The molecule has 0 spiro atoms. The molecule has 3 heterocycles. The minimum absolute atomic E-state index is 0.0998. The Kier molecular flexibility index (Phi) is 5.01. The minimum atomic E-state index is -3.51. The van der Waals surface area contributed by atoms with Gasteiger partial charge in [-0.2, -0.15) is 4.31 Å². The lowest BCUT2D eigenvalue weighted by Crippen LogP contribution is -2.52. The van der Waals surface area contributed by atoms with E-state index in [2.05, 4.69) is 4.98 Å². The maximum Gasteiger partial charge on any atom is 0.245 e. The highest BCUT2D eigenvalue weighted by Gasteiger charge is 2.39. The summed E-state index contributed by atoms with van der Waals surface area (Å²) in [6.07, 6.45) is 2.89. The van der Waals surface area contributed by atoms with Crippen LogP contribution in [0.15, 0.2) is 70.9 Å². The van der Waals surface area contributed by atoms with Crippen LogP contribution < -0.4 is 0 Å². The fourth-order valence-electron chi connectivity index (χ4n) is 3.45. The van der Waals surface area contributed by atoms with Gasteiger partial charge in [-0.3, -0.25) is 9.78 Å². The normalized spacial score (nSPS) is 18.4. The van der Waals surface area contributed by atoms with Crippen molar-refractivity contribution in [1.82, 2.24) is 14.2 Å². The second-order valence-corrected chi connectivity index (χ2v) is 8.95. The van der Waals surface area contributed by atoms with Crippen molar-refractivity contribution in [3.8, 4) is 0 Å². The van der Waals surface area contributed by atoms with E-state index in [0.29, 0.717) is 26.2 Å². The van der Waals surface area contributed by atoms with Crippen molar-refractivity contribution in [2.75, 3.05) is 32.8 Å². The van der Waals surface area contributed by atoms with Crippen LogP contribution >= 0.6 is 0 Å². The largest absolute Gasteiger partial charge is 0.395 e. The van der Waals surface area contributed by atoms with Crippen LogP contribution in [0.2, 0.25) is 0 Å². The standard InChI is InChI=1S/C20H21N3O4S/c24-14-19(15-5-2-1-3-6-15)20(25)22-10-16(11-22)17-12-23(13-17)28(26,27)18-7-4-8-21-9-18/h1-9,19,24H,10-14H2/t19-/m1/s1. The molecule has 1 N–H and O–H groups in total. The molecule has 4 rings (SSSR count). The van der Waals surface area contributed by atoms with E-state index in [1.54, 1.807) is 11.0 Å². The van der Waals surface area contributed by atoms with E-state index in [9.17, 15) is 18.3 Å². The Bertz CT molecular complexity index is 990. The quantitative estimate of drug-likeness (QED) is 0.758. The summed E-state index contributed by atoms with van der Waals surface area (Å²) in [5, 5.41) is 9.65. The number of hydrogen-bond acceptors (Lipinski definition) is 5. The fraction of sp³-hybridized carbons (Fsp3) is 0.300. The number of carbonyl (C=O) groups excluding carboxylic acids is 1. The van der Waals surface area contributed by atoms with Gasteiger partial charge in [0, 0.05) is 38.6 Å². The van der Waals surface area contributed by atoms with Crippen molar-refractivity contribution >= 4 is 15.9 Å². The molecule has 0 aliphatic carbocycles. The summed E-state index contributed by atoms with van der Waals surface area (Å²) in [4.78, 5) is 18.4. The zero-order valence-corrected chi connectivity index (χ0v) is 16.0. The van der Waals surface area contributed by atoms with E-state index in [1.807, 2.05) is 30.3 Å². The van der Waals surface area contributed by atoms with Crippen LogP contribution in [0.25, 0.3) is 0 Å². The predicted octanol–water partition coefficient (Wildman–Crippen LogP) is 1.00. The molecule has 0 bridgehead atoms. The first-order chi connectivity index (χ1) is 13.5. The summed E-state index contributed by atoms with van der Waals surface area (Å²) in [6, 6.07) is 12.4. The fourth-order valence-corrected chi connectivity index (χ4v) is 4.84. The second kappa shape index (κ2) is 7.46. The smallest absolute Gasteiger partial charge is 0.245 e. The lowest BCUT2D eigenvalue weighted by atomic mass is 9.92. The number of benzene rings is 1. The van der Waals surface area contributed by atoms with Gasteiger partial charge in [0.25, 0.3) is 0 Å². The van der Waals surface area contributed by atoms with Crippen LogP contribution in [0.4, 0.5) is 0 Å². The summed E-state index contributed by atoms with van der Waals surface area (Å²) >= 11 is 0. The SMILES string of the molecule is O=C([C@H](CO)c1ccccc1)N1CC(=C2CN(S(=O)(=O)c3cccnc3)C2)C1. The van der Waals surface area contributed by atoms with Crippen LogP contribution in [0, 0.1) is 0 Å². The van der Waals surface area contributed by atoms with Gasteiger partial charge >= 0.3 is 0 Å². The molecule has 1 aromatic carbocycles. The Morgan fingerprint density at radius 2 is 1.71 bits per heavy atom. The monoisotopic (exact) mass is 399 g/mol. The highest BCUT2D eigenvalue weighted by Crippen LogP contribution is 2.31. The van der Waals surface area contributed by atoms with Crippen molar-refractivity contribution in [1.29, 1.82) is 0 Å². The van der Waals surface area contributed by atoms with E-state index >= 15 is 0 Å². The van der Waals surface area contributed by atoms with Gasteiger partial charge in [0.15, 0.2) is 0 Å². The zero-order chi connectivity index (χ0) is 19.7. The third kappa shape index (κ3) is 3.34. The summed E-state index contributed by atoms with van der Waals surface area (Å²) in [5.41, 5.74) is 2.97. The Balaban J connectivity index is 1.37. The highest BCUT2D eigenvalue weighted by atomic mass is 32.2. The maximum atomic E-state index is 12.7. The highest BCUT2D eigenvalue weighted by molar-refractivity contribution is 7.89. The van der Waals surface area contributed by atoms with Crippen LogP contribution in [-0.2, 0) is 14.8 Å². The Morgan fingerprint density at radius 1 is 1.04 bits per heavy atom. The molecule has 0 saturated carbocycles. The van der Waals surface area contributed by atoms with Crippen LogP contribution in [0.5, 0.6) is 0 Å². The lowest BCUT2D eigenvalue weighted by molar-refractivity contribution is -0.135. The molecule has 1 amide bonds. The number of hydrogen-bond donors (Lipinski definition) is 1. The topological polar surface area (TPSA) is 90.8 Å². The number of likely N-dealkylation sites (tertiary alicyclic amines) is 1. The number of aromatic nitrogens is 1. The average molecular weight is 399 g/mol. The third-order valence-corrected chi connectivity index (χ3v) is 7.04. The molecule has 2 aliphatic heterocycles. The van der Waals surface area contributed by atoms with Crippen LogP contribution in [0.1, 0.15) is 11.5 Å². The summed E-state index contributed by atoms with van der Waals surface area (Å²) in [7, 11) is -3.51. The van der Waals surface area contributed by atoms with E-state index < -0.39 is 15.9 Å². The Hall–Kier alpha value is -2.55. The molecule has 2 fully saturated rings. The van der Waals surface area contributed by atoms with Gasteiger partial charge in [0.05, 0.1) is 12.5 Å². The average Bonchev–Trinajstić information content (AvgIpc) is 2.64. The first kappa shape index (κ1) is 18.8. The summed E-state index contributed by atoms with van der Waals surface area (Å²) < 4.78 is 26.4. The van der Waals surface area contributed by atoms with Gasteiger partial charge in [-0.05, 0) is 28.8 Å². The number of rotatable bonds is 5. The van der Waals surface area contributed by atoms with Crippen LogP contribution in [-0.4, -0.2) is 66.4 Å². The molecule has 2 aromatic rings. The number of nitrogens with zero attached hydrogens (tertiary/aromatic N) is 3. The van der Waals surface area contributed by atoms with Gasteiger partial charge in [0.1, 0.15) is 4.90 Å². The van der Waals surface area contributed by atoms with Crippen molar-refractivity contribution < 1.29 is 18.3 Å². The van der Waals surface area contributed by atoms with E-state index in [-0.39, 0.29) is 17.4 Å². The van der Waals surface area contributed by atoms with Crippen molar-refractivity contribution in [2.24, 2.45) is 0 Å². The van der Waals surface area contributed by atoms with E-state index in [1.165, 1.54) is 22.8 Å². The van der Waals surface area contributed by atoms with Gasteiger partial charge < -0.3 is 10.0 Å². The minimum Gasteiger partial charge on any atom is -0.395 e. The van der Waals surface area contributed by atoms with Crippen molar-refractivity contribution in [3.63, 3.8) is 0 Å². The zero-order valence-electron chi connectivity index (χ0n) is 15.2. The van der Waals surface area contributed by atoms with E-state index in [0.717, 1.165) is 16.7 Å². The molecule has 7 nitrogen and oxygen atoms in total. The number of pyridine rings is 1. The first-order valence-corrected chi connectivity index (χ1v) is 10.5. The molecule has 8 heteroatoms. The molecule has 0 unspecified atom stereocenters. The molecular weight excluding hydrogens is 378 g/mol. The summed E-state index contributed by atoms with van der Waals surface area (Å²) in [6.45, 7) is 1.48. The third-order valence-electron chi connectivity index (χ3n) is 5.26. The predicted molar refractivity (Wildman–Crippen MR) is 103 cm³/mol. The van der Waals surface area contributed by atoms with Gasteiger partial charge in [-0.25, -0.2) is 8.42 Å². The van der Waals surface area contributed by atoms with Crippen LogP contribution in [0.3, 0.4) is 0 Å². The number of amides is 1. The van der Waals surface area contributed by atoms with Crippen molar-refractivity contribution in [3.05, 3.63) is 71.6 Å². The molecule has 1 aromatic heterocycles. The number of sulfonamides is 1. The number of carbonyl (C=O) groups is 1. The van der Waals surface area contributed by atoms with Gasteiger partial charge in [-0.15, -0.1) is 0 Å². The molecule has 28 heavy (non-hydrogen) atoms. The molecule has 2 aliphatic rings. The number of aliphatic hydroxyl groups is 1. The lowest BCUT2D eigenvalue weighted by Gasteiger charge is -2.42. The molecule has 2 saturated heterocycles. The molecule has 1 atom stereocenters. The maximum absolute atomic E-state index is 12.7. The Morgan fingerprint density at radius 3 is 2.32 bits per heavy atom. The van der Waals surface area contributed by atoms with Gasteiger partial charge in [0.2, 0.25) is 15.9 Å². The Labute approximate surface area is 164 Å².